The van der Waals surface area contributed by atoms with E-state index in [2.05, 4.69) is 12.0 Å². The van der Waals surface area contributed by atoms with Crippen molar-refractivity contribution in [3.05, 3.63) is 36.2 Å². The minimum Gasteiger partial charge on any atom is -0.452 e. The summed E-state index contributed by atoms with van der Waals surface area (Å²) in [4.78, 5) is 0. The summed E-state index contributed by atoms with van der Waals surface area (Å²) in [5.41, 5.74) is 7.64. The Morgan fingerprint density at radius 1 is 1.41 bits per heavy atom. The largest absolute Gasteiger partial charge is 0.452 e. The molecule has 0 saturated carbocycles. The highest BCUT2D eigenvalue weighted by molar-refractivity contribution is 5.58. The fraction of sp³-hybridized carbons (Fsp3) is 0.308. The smallest absolute Gasteiger partial charge is 0.165 e. The maximum absolute atomic E-state index is 5.94. The van der Waals surface area contributed by atoms with Crippen LogP contribution in [-0.2, 0) is 6.54 Å². The summed E-state index contributed by atoms with van der Waals surface area (Å²) in [7, 11) is 0. The fourth-order valence-corrected chi connectivity index (χ4v) is 1.62. The normalized spacial score (nSPS) is 10.5. The third-order valence-electron chi connectivity index (χ3n) is 2.57. The van der Waals surface area contributed by atoms with Crippen molar-refractivity contribution < 1.29 is 4.74 Å². The van der Waals surface area contributed by atoms with Crippen LogP contribution < -0.4 is 10.5 Å². The topological polar surface area (TPSA) is 53.1 Å². The summed E-state index contributed by atoms with van der Waals surface area (Å²) in [6.07, 6.45) is 4.64. The van der Waals surface area contributed by atoms with Crippen LogP contribution in [0.2, 0.25) is 0 Å². The Morgan fingerprint density at radius 3 is 3.00 bits per heavy atom. The standard InChI is InChI=1S/C13H17N3O/c1-3-7-16-9-11(8-15-16)17-12-6-4-5-10(2)13(12)14/h4-6,8-9H,3,7,14H2,1-2H3. The lowest BCUT2D eigenvalue weighted by molar-refractivity contribution is 0.482. The summed E-state index contributed by atoms with van der Waals surface area (Å²) in [5.74, 6) is 1.40. The SMILES string of the molecule is CCCn1cc(Oc2cccc(C)c2N)cn1. The Labute approximate surface area is 101 Å². The van der Waals surface area contributed by atoms with Crippen molar-refractivity contribution in [3.8, 4) is 11.5 Å². The van der Waals surface area contributed by atoms with Gasteiger partial charge in [0.25, 0.3) is 0 Å². The first-order valence-electron chi connectivity index (χ1n) is 5.76. The zero-order valence-electron chi connectivity index (χ0n) is 10.2. The first-order chi connectivity index (χ1) is 8.20. The van der Waals surface area contributed by atoms with Gasteiger partial charge in [-0.15, -0.1) is 0 Å². The number of ether oxygens (including phenoxy) is 1. The zero-order valence-corrected chi connectivity index (χ0v) is 10.2. The van der Waals surface area contributed by atoms with Gasteiger partial charge in [0.15, 0.2) is 11.5 Å². The molecule has 90 valence electrons. The van der Waals surface area contributed by atoms with E-state index in [0.717, 1.165) is 24.3 Å². The summed E-state index contributed by atoms with van der Waals surface area (Å²) >= 11 is 0. The Balaban J connectivity index is 2.16. The minimum atomic E-state index is 0.677. The molecule has 0 atom stereocenters. The maximum atomic E-state index is 5.94. The number of aromatic nitrogens is 2. The minimum absolute atomic E-state index is 0.677. The second-order valence-electron chi connectivity index (χ2n) is 4.03. The van der Waals surface area contributed by atoms with Crippen LogP contribution in [0.15, 0.2) is 30.6 Å². The van der Waals surface area contributed by atoms with Gasteiger partial charge in [-0.05, 0) is 25.0 Å². The molecule has 2 rings (SSSR count). The molecule has 0 spiro atoms. The number of hydrogen-bond donors (Lipinski definition) is 1. The molecule has 0 unspecified atom stereocenters. The van der Waals surface area contributed by atoms with Crippen molar-refractivity contribution >= 4 is 5.69 Å². The molecule has 0 aliphatic heterocycles. The van der Waals surface area contributed by atoms with E-state index in [1.807, 2.05) is 36.0 Å². The van der Waals surface area contributed by atoms with Crippen LogP contribution in [0.4, 0.5) is 5.69 Å². The molecule has 0 fully saturated rings. The first-order valence-corrected chi connectivity index (χ1v) is 5.76. The predicted octanol–water partition coefficient (Wildman–Crippen LogP) is 2.98. The first kappa shape index (κ1) is 11.5. The predicted molar refractivity (Wildman–Crippen MR) is 68.2 cm³/mol. The van der Waals surface area contributed by atoms with Gasteiger partial charge in [-0.2, -0.15) is 5.10 Å². The van der Waals surface area contributed by atoms with E-state index in [1.165, 1.54) is 0 Å². The number of nitrogens with two attached hydrogens (primary N) is 1. The van der Waals surface area contributed by atoms with Crippen molar-refractivity contribution in [2.24, 2.45) is 0 Å². The van der Waals surface area contributed by atoms with Gasteiger partial charge in [0.05, 0.1) is 18.1 Å². The fourth-order valence-electron chi connectivity index (χ4n) is 1.62. The molecule has 0 amide bonds. The van der Waals surface area contributed by atoms with Gasteiger partial charge in [0.1, 0.15) is 0 Å². The lowest BCUT2D eigenvalue weighted by Gasteiger charge is -2.07. The maximum Gasteiger partial charge on any atom is 0.165 e. The average Bonchev–Trinajstić information content (AvgIpc) is 2.73. The lowest BCUT2D eigenvalue weighted by atomic mass is 10.2. The number of rotatable bonds is 4. The molecular formula is C13H17N3O. The van der Waals surface area contributed by atoms with E-state index < -0.39 is 0 Å². The van der Waals surface area contributed by atoms with Gasteiger partial charge in [-0.25, -0.2) is 0 Å². The monoisotopic (exact) mass is 231 g/mol. The lowest BCUT2D eigenvalue weighted by Crippen LogP contribution is -1.96. The van der Waals surface area contributed by atoms with Gasteiger partial charge in [0.2, 0.25) is 0 Å². The second-order valence-corrected chi connectivity index (χ2v) is 4.03. The van der Waals surface area contributed by atoms with Crippen molar-refractivity contribution in [2.45, 2.75) is 26.8 Å². The number of nitrogens with zero attached hydrogens (tertiary/aromatic N) is 2. The van der Waals surface area contributed by atoms with E-state index >= 15 is 0 Å². The van der Waals surface area contributed by atoms with E-state index in [9.17, 15) is 0 Å². The van der Waals surface area contributed by atoms with Gasteiger partial charge >= 0.3 is 0 Å². The average molecular weight is 231 g/mol. The molecule has 1 heterocycles. The molecule has 2 N–H and O–H groups in total. The van der Waals surface area contributed by atoms with E-state index in [1.54, 1.807) is 6.20 Å². The zero-order chi connectivity index (χ0) is 12.3. The molecule has 0 bridgehead atoms. The Morgan fingerprint density at radius 2 is 2.24 bits per heavy atom. The second kappa shape index (κ2) is 4.91. The van der Waals surface area contributed by atoms with Crippen LogP contribution in [0.3, 0.4) is 0 Å². The van der Waals surface area contributed by atoms with Crippen molar-refractivity contribution in [2.75, 3.05) is 5.73 Å². The van der Waals surface area contributed by atoms with Crippen LogP contribution in [0.1, 0.15) is 18.9 Å². The Bertz CT molecular complexity index is 505. The highest BCUT2D eigenvalue weighted by atomic mass is 16.5. The molecule has 1 aromatic carbocycles. The molecule has 1 aromatic heterocycles. The van der Waals surface area contributed by atoms with E-state index in [-0.39, 0.29) is 0 Å². The van der Waals surface area contributed by atoms with Crippen molar-refractivity contribution in [1.82, 2.24) is 9.78 Å². The number of nitrogen functional groups attached to an aromatic ring is 1. The van der Waals surface area contributed by atoms with Gasteiger partial charge in [-0.3, -0.25) is 4.68 Å². The van der Waals surface area contributed by atoms with Crippen molar-refractivity contribution in [3.63, 3.8) is 0 Å². The molecule has 4 heteroatoms. The molecule has 0 aliphatic carbocycles. The van der Waals surface area contributed by atoms with Crippen LogP contribution in [0, 0.1) is 6.92 Å². The Hall–Kier alpha value is -1.97. The summed E-state index contributed by atoms with van der Waals surface area (Å²) in [6, 6.07) is 5.75. The molecule has 2 aromatic rings. The van der Waals surface area contributed by atoms with Gasteiger partial charge in [0, 0.05) is 6.54 Å². The van der Waals surface area contributed by atoms with Gasteiger partial charge < -0.3 is 10.5 Å². The number of aryl methyl sites for hydroxylation is 2. The Kier molecular flexibility index (Phi) is 3.32. The van der Waals surface area contributed by atoms with Crippen LogP contribution in [-0.4, -0.2) is 9.78 Å². The third-order valence-corrected chi connectivity index (χ3v) is 2.57. The molecule has 17 heavy (non-hydrogen) atoms. The van der Waals surface area contributed by atoms with Crippen molar-refractivity contribution in [1.29, 1.82) is 0 Å². The van der Waals surface area contributed by atoms with Crippen LogP contribution in [0.5, 0.6) is 11.5 Å². The summed E-state index contributed by atoms with van der Waals surface area (Å²) < 4.78 is 7.57. The molecule has 4 nitrogen and oxygen atoms in total. The number of hydrogen-bond acceptors (Lipinski definition) is 3. The molecule has 0 aliphatic rings. The molecular weight excluding hydrogens is 214 g/mol. The highest BCUT2D eigenvalue weighted by Gasteiger charge is 2.05. The summed E-state index contributed by atoms with van der Waals surface area (Å²) in [6.45, 7) is 4.97. The summed E-state index contributed by atoms with van der Waals surface area (Å²) in [5, 5.41) is 4.21. The van der Waals surface area contributed by atoms with Crippen LogP contribution in [0.25, 0.3) is 0 Å². The quantitative estimate of drug-likeness (QED) is 0.823. The van der Waals surface area contributed by atoms with E-state index in [0.29, 0.717) is 11.4 Å². The number of para-hydroxylation sites is 1. The van der Waals surface area contributed by atoms with Crippen LogP contribution >= 0.6 is 0 Å². The number of benzene rings is 1. The van der Waals surface area contributed by atoms with E-state index in [4.69, 9.17) is 10.5 Å². The number of anilines is 1. The highest BCUT2D eigenvalue weighted by Crippen LogP contribution is 2.29. The molecule has 0 saturated heterocycles. The van der Waals surface area contributed by atoms with Gasteiger partial charge in [-0.1, -0.05) is 19.1 Å². The third kappa shape index (κ3) is 2.58. The molecule has 0 radical (unpaired) electrons.